The zero-order valence-corrected chi connectivity index (χ0v) is 15.9. The van der Waals surface area contributed by atoms with Gasteiger partial charge in [0.05, 0.1) is 6.04 Å². The Bertz CT molecular complexity index is 889. The first-order chi connectivity index (χ1) is 11.9. The van der Waals surface area contributed by atoms with Crippen LogP contribution in [0.2, 0.25) is 0 Å². The Hall–Kier alpha value is -2.08. The van der Waals surface area contributed by atoms with Crippen LogP contribution in [0, 0.1) is 20.8 Å². The lowest BCUT2D eigenvalue weighted by atomic mass is 10.1. The maximum atomic E-state index is 12.7. The van der Waals surface area contributed by atoms with Gasteiger partial charge in [0.25, 0.3) is 5.56 Å². The van der Waals surface area contributed by atoms with Crippen LogP contribution in [-0.4, -0.2) is 21.2 Å². The van der Waals surface area contributed by atoms with Crippen LogP contribution >= 0.6 is 11.8 Å². The Kier molecular flexibility index (Phi) is 4.99. The predicted molar refractivity (Wildman–Crippen MR) is 102 cm³/mol. The molecule has 0 saturated carbocycles. The molecule has 1 aliphatic rings. The Morgan fingerprint density at radius 2 is 2.08 bits per heavy atom. The highest BCUT2D eigenvalue weighted by Crippen LogP contribution is 2.32. The maximum Gasteiger partial charge on any atom is 0.257 e. The van der Waals surface area contributed by atoms with Crippen LogP contribution in [0.25, 0.3) is 0 Å². The number of anilines is 1. The van der Waals surface area contributed by atoms with Gasteiger partial charge in [-0.15, -0.1) is 0 Å². The van der Waals surface area contributed by atoms with Crippen molar-refractivity contribution in [2.45, 2.75) is 51.7 Å². The van der Waals surface area contributed by atoms with Crippen LogP contribution in [0.5, 0.6) is 0 Å². The third-order valence-corrected chi connectivity index (χ3v) is 5.82. The van der Waals surface area contributed by atoms with Gasteiger partial charge in [-0.25, -0.2) is 4.98 Å². The lowest BCUT2D eigenvalue weighted by Gasteiger charge is -2.15. The van der Waals surface area contributed by atoms with E-state index in [-0.39, 0.29) is 23.9 Å². The summed E-state index contributed by atoms with van der Waals surface area (Å²) in [6.45, 7) is 7.90. The molecule has 2 heterocycles. The van der Waals surface area contributed by atoms with Crippen LogP contribution < -0.4 is 10.9 Å². The Morgan fingerprint density at radius 3 is 2.76 bits per heavy atom. The van der Waals surface area contributed by atoms with Gasteiger partial charge in [0.1, 0.15) is 0 Å². The number of aromatic nitrogens is 2. The molecule has 132 valence electrons. The van der Waals surface area contributed by atoms with Gasteiger partial charge in [0, 0.05) is 29.1 Å². The molecule has 0 fully saturated rings. The highest BCUT2D eigenvalue weighted by molar-refractivity contribution is 7.99. The van der Waals surface area contributed by atoms with Gasteiger partial charge in [0.2, 0.25) is 5.91 Å². The van der Waals surface area contributed by atoms with Crippen LogP contribution in [0.15, 0.2) is 28.2 Å². The molecule has 1 aromatic carbocycles. The number of thioether (sulfide) groups is 1. The summed E-state index contributed by atoms with van der Waals surface area (Å²) in [6, 6.07) is 5.73. The van der Waals surface area contributed by atoms with Crippen molar-refractivity contribution < 1.29 is 4.79 Å². The molecular formula is C19H23N3O2S. The standard InChI is InChI=1S/C19H23N3O2S/c1-5-16-13(4)20-19-22(18(16)24)15(10-25-19)9-17(23)21-14-7-6-11(2)12(3)8-14/h6-8,15H,5,9-10H2,1-4H3,(H,21,23). The molecule has 2 aromatic rings. The van der Waals surface area contributed by atoms with Crippen molar-refractivity contribution in [3.8, 4) is 0 Å². The van der Waals surface area contributed by atoms with Gasteiger partial charge in [-0.1, -0.05) is 24.8 Å². The summed E-state index contributed by atoms with van der Waals surface area (Å²) in [5.41, 5.74) is 4.67. The molecule has 0 bridgehead atoms. The maximum absolute atomic E-state index is 12.7. The van der Waals surface area contributed by atoms with E-state index in [1.807, 2.05) is 45.9 Å². The molecular weight excluding hydrogens is 334 g/mol. The average Bonchev–Trinajstić information content (AvgIpc) is 2.94. The zero-order chi connectivity index (χ0) is 18.1. The lowest BCUT2D eigenvalue weighted by molar-refractivity contribution is -0.116. The molecule has 1 amide bonds. The summed E-state index contributed by atoms with van der Waals surface area (Å²) in [5, 5.41) is 3.67. The fourth-order valence-electron chi connectivity index (χ4n) is 3.12. The first kappa shape index (κ1) is 17.7. The van der Waals surface area contributed by atoms with Gasteiger partial charge < -0.3 is 5.32 Å². The predicted octanol–water partition coefficient (Wildman–Crippen LogP) is 3.41. The van der Waals surface area contributed by atoms with Gasteiger partial charge in [-0.2, -0.15) is 0 Å². The molecule has 25 heavy (non-hydrogen) atoms. The van der Waals surface area contributed by atoms with E-state index in [1.165, 1.54) is 5.56 Å². The van der Waals surface area contributed by atoms with E-state index in [1.54, 1.807) is 16.3 Å². The molecule has 5 nitrogen and oxygen atoms in total. The number of nitrogens with zero attached hydrogens (tertiary/aromatic N) is 2. The molecule has 6 heteroatoms. The summed E-state index contributed by atoms with van der Waals surface area (Å²) >= 11 is 1.55. The van der Waals surface area contributed by atoms with Crippen LogP contribution in [0.1, 0.15) is 41.8 Å². The van der Waals surface area contributed by atoms with E-state index in [0.717, 1.165) is 27.7 Å². The van der Waals surface area contributed by atoms with Crippen molar-refractivity contribution in [2.75, 3.05) is 11.1 Å². The van der Waals surface area contributed by atoms with Gasteiger partial charge in [0.15, 0.2) is 5.16 Å². The van der Waals surface area contributed by atoms with Crippen molar-refractivity contribution in [1.82, 2.24) is 9.55 Å². The third-order valence-electron chi connectivity index (χ3n) is 4.72. The Balaban J connectivity index is 1.78. The van der Waals surface area contributed by atoms with Crippen molar-refractivity contribution >= 4 is 23.4 Å². The highest BCUT2D eigenvalue weighted by atomic mass is 32.2. The van der Waals surface area contributed by atoms with Crippen LogP contribution in [0.4, 0.5) is 5.69 Å². The summed E-state index contributed by atoms with van der Waals surface area (Å²) in [7, 11) is 0. The minimum atomic E-state index is -0.141. The van der Waals surface area contributed by atoms with Crippen molar-refractivity contribution in [1.29, 1.82) is 0 Å². The van der Waals surface area contributed by atoms with E-state index in [2.05, 4.69) is 10.3 Å². The normalized spacial score (nSPS) is 15.9. The van der Waals surface area contributed by atoms with Gasteiger partial charge in [-0.3, -0.25) is 14.2 Å². The molecule has 1 atom stereocenters. The van der Waals surface area contributed by atoms with Gasteiger partial charge >= 0.3 is 0 Å². The first-order valence-electron chi connectivity index (χ1n) is 8.52. The number of carbonyl (C=O) groups is 1. The number of fused-ring (bicyclic) bond motifs is 1. The molecule has 1 aliphatic heterocycles. The second-order valence-corrected chi connectivity index (χ2v) is 7.49. The topological polar surface area (TPSA) is 64.0 Å². The van der Waals surface area contributed by atoms with Crippen molar-refractivity contribution in [2.24, 2.45) is 0 Å². The molecule has 3 rings (SSSR count). The smallest absolute Gasteiger partial charge is 0.257 e. The second-order valence-electron chi connectivity index (χ2n) is 6.50. The third kappa shape index (κ3) is 3.49. The quantitative estimate of drug-likeness (QED) is 0.852. The lowest BCUT2D eigenvalue weighted by Crippen LogP contribution is -2.30. The minimum Gasteiger partial charge on any atom is -0.326 e. The van der Waals surface area contributed by atoms with Gasteiger partial charge in [-0.05, 0) is 50.5 Å². The number of rotatable bonds is 4. The average molecular weight is 357 g/mol. The fourth-order valence-corrected chi connectivity index (χ4v) is 4.30. The molecule has 0 aliphatic carbocycles. The zero-order valence-electron chi connectivity index (χ0n) is 15.0. The fraction of sp³-hybridized carbons (Fsp3) is 0.421. The summed E-state index contributed by atoms with van der Waals surface area (Å²) in [5.74, 6) is 0.627. The van der Waals surface area contributed by atoms with E-state index in [4.69, 9.17) is 0 Å². The molecule has 0 spiro atoms. The number of amides is 1. The van der Waals surface area contributed by atoms with E-state index < -0.39 is 0 Å². The van der Waals surface area contributed by atoms with Crippen LogP contribution in [0.3, 0.4) is 0 Å². The Labute approximate surface area is 151 Å². The number of nitrogens with one attached hydrogen (secondary N) is 1. The number of aryl methyl sites for hydroxylation is 3. The molecule has 1 unspecified atom stereocenters. The Morgan fingerprint density at radius 1 is 1.32 bits per heavy atom. The van der Waals surface area contributed by atoms with E-state index in [0.29, 0.717) is 12.2 Å². The number of carbonyl (C=O) groups excluding carboxylic acids is 1. The molecule has 1 aromatic heterocycles. The highest BCUT2D eigenvalue weighted by Gasteiger charge is 2.29. The monoisotopic (exact) mass is 357 g/mol. The minimum absolute atomic E-state index is 0.000944. The number of hydrogen-bond donors (Lipinski definition) is 1. The number of benzene rings is 1. The largest absolute Gasteiger partial charge is 0.326 e. The summed E-state index contributed by atoms with van der Waals surface area (Å²) in [4.78, 5) is 29.7. The molecule has 0 saturated heterocycles. The summed E-state index contributed by atoms with van der Waals surface area (Å²) < 4.78 is 1.70. The first-order valence-corrected chi connectivity index (χ1v) is 9.51. The molecule has 0 radical (unpaired) electrons. The summed E-state index contributed by atoms with van der Waals surface area (Å²) in [6.07, 6.45) is 0.935. The van der Waals surface area contributed by atoms with E-state index >= 15 is 0 Å². The van der Waals surface area contributed by atoms with E-state index in [9.17, 15) is 9.59 Å². The van der Waals surface area contributed by atoms with Crippen molar-refractivity contribution in [3.05, 3.63) is 50.9 Å². The molecule has 1 N–H and O–H groups in total. The van der Waals surface area contributed by atoms with Crippen LogP contribution in [-0.2, 0) is 11.2 Å². The second kappa shape index (κ2) is 7.04. The number of hydrogen-bond acceptors (Lipinski definition) is 4. The SMILES string of the molecule is CCc1c(C)nc2n(c1=O)C(CC(=O)Nc1ccc(C)c(C)c1)CS2. The van der Waals surface area contributed by atoms with Crippen molar-refractivity contribution in [3.63, 3.8) is 0 Å².